The molecule has 0 spiro atoms. The minimum Gasteiger partial charge on any atom is -0.314 e. The number of nitrogens with one attached hydrogen (secondary N) is 1. The molecule has 3 atom stereocenters. The van der Waals surface area contributed by atoms with E-state index in [0.717, 1.165) is 25.3 Å². The SMILES string of the molecule is CCNC1CCC(C(C)(C)C)CC1CCCS(=O)(=O)CC. The van der Waals surface area contributed by atoms with Crippen molar-refractivity contribution in [3.63, 3.8) is 0 Å². The Kier molecular flexibility index (Phi) is 7.18. The van der Waals surface area contributed by atoms with Gasteiger partial charge in [-0.25, -0.2) is 8.42 Å². The van der Waals surface area contributed by atoms with Crippen LogP contribution in [-0.4, -0.2) is 32.5 Å². The Labute approximate surface area is 132 Å². The van der Waals surface area contributed by atoms with Crippen LogP contribution >= 0.6 is 0 Å². The van der Waals surface area contributed by atoms with Crippen LogP contribution in [0.15, 0.2) is 0 Å². The van der Waals surface area contributed by atoms with Crippen molar-refractivity contribution in [3.05, 3.63) is 0 Å². The van der Waals surface area contributed by atoms with E-state index in [2.05, 4.69) is 33.0 Å². The molecule has 1 saturated carbocycles. The molecule has 1 aliphatic carbocycles. The van der Waals surface area contributed by atoms with E-state index in [9.17, 15) is 8.42 Å². The third kappa shape index (κ3) is 6.27. The maximum absolute atomic E-state index is 11.7. The summed E-state index contributed by atoms with van der Waals surface area (Å²) in [7, 11) is -2.81. The number of hydrogen-bond acceptors (Lipinski definition) is 3. The minimum atomic E-state index is -2.81. The van der Waals surface area contributed by atoms with E-state index < -0.39 is 9.84 Å². The van der Waals surface area contributed by atoms with Gasteiger partial charge in [-0.1, -0.05) is 34.6 Å². The summed E-state index contributed by atoms with van der Waals surface area (Å²) in [6, 6.07) is 0.581. The second kappa shape index (κ2) is 7.96. The molecule has 4 heteroatoms. The fourth-order valence-electron chi connectivity index (χ4n) is 3.61. The van der Waals surface area contributed by atoms with E-state index in [1.807, 2.05) is 0 Å². The van der Waals surface area contributed by atoms with Gasteiger partial charge in [-0.05, 0) is 55.9 Å². The quantitative estimate of drug-likeness (QED) is 0.780. The molecule has 0 aromatic carbocycles. The Balaban J connectivity index is 2.59. The van der Waals surface area contributed by atoms with Crippen LogP contribution in [0.4, 0.5) is 0 Å². The van der Waals surface area contributed by atoms with Gasteiger partial charge in [0.05, 0.1) is 5.75 Å². The number of sulfone groups is 1. The molecule has 0 radical (unpaired) electrons. The predicted octanol–water partition coefficient (Wildman–Crippen LogP) is 3.64. The summed E-state index contributed by atoms with van der Waals surface area (Å²) in [5, 5.41) is 3.62. The maximum Gasteiger partial charge on any atom is 0.150 e. The first-order valence-corrected chi connectivity index (χ1v) is 10.5. The van der Waals surface area contributed by atoms with Crippen molar-refractivity contribution in [3.8, 4) is 0 Å². The summed E-state index contributed by atoms with van der Waals surface area (Å²) >= 11 is 0. The molecule has 1 N–H and O–H groups in total. The van der Waals surface area contributed by atoms with Gasteiger partial charge in [0.2, 0.25) is 0 Å². The van der Waals surface area contributed by atoms with Gasteiger partial charge in [-0.3, -0.25) is 0 Å². The average Bonchev–Trinajstić information content (AvgIpc) is 2.39. The van der Waals surface area contributed by atoms with Crippen molar-refractivity contribution in [2.24, 2.45) is 17.3 Å². The van der Waals surface area contributed by atoms with Gasteiger partial charge in [0.15, 0.2) is 0 Å². The maximum atomic E-state index is 11.7. The lowest BCUT2D eigenvalue weighted by molar-refractivity contribution is 0.110. The highest BCUT2D eigenvalue weighted by Crippen LogP contribution is 2.41. The van der Waals surface area contributed by atoms with Crippen LogP contribution in [0.3, 0.4) is 0 Å². The van der Waals surface area contributed by atoms with Crippen LogP contribution in [0.1, 0.15) is 66.7 Å². The van der Waals surface area contributed by atoms with Gasteiger partial charge in [0.25, 0.3) is 0 Å². The summed E-state index contributed by atoms with van der Waals surface area (Å²) in [5.41, 5.74) is 0.366. The van der Waals surface area contributed by atoms with Crippen molar-refractivity contribution in [1.29, 1.82) is 0 Å². The Morgan fingerprint density at radius 3 is 2.33 bits per heavy atom. The van der Waals surface area contributed by atoms with Gasteiger partial charge in [0, 0.05) is 11.8 Å². The molecule has 0 aliphatic heterocycles. The average molecular weight is 318 g/mol. The zero-order chi connectivity index (χ0) is 16.1. The summed E-state index contributed by atoms with van der Waals surface area (Å²) in [6.45, 7) is 11.9. The van der Waals surface area contributed by atoms with Crippen LogP contribution < -0.4 is 5.32 Å². The topological polar surface area (TPSA) is 46.2 Å². The van der Waals surface area contributed by atoms with Crippen LogP contribution in [0.25, 0.3) is 0 Å². The summed E-state index contributed by atoms with van der Waals surface area (Å²) in [6.07, 6.45) is 5.64. The highest BCUT2D eigenvalue weighted by Gasteiger charge is 2.35. The Bertz CT molecular complexity index is 398. The van der Waals surface area contributed by atoms with Crippen molar-refractivity contribution < 1.29 is 8.42 Å². The van der Waals surface area contributed by atoms with E-state index >= 15 is 0 Å². The van der Waals surface area contributed by atoms with Gasteiger partial charge < -0.3 is 5.32 Å². The van der Waals surface area contributed by atoms with Crippen molar-refractivity contribution in [2.75, 3.05) is 18.1 Å². The Hall–Kier alpha value is -0.0900. The zero-order valence-corrected chi connectivity index (χ0v) is 15.4. The summed E-state index contributed by atoms with van der Waals surface area (Å²) in [5.74, 6) is 2.04. The fraction of sp³-hybridized carbons (Fsp3) is 1.00. The van der Waals surface area contributed by atoms with Crippen LogP contribution in [0, 0.1) is 17.3 Å². The third-order valence-electron chi connectivity index (χ3n) is 5.14. The fourth-order valence-corrected chi connectivity index (χ4v) is 4.51. The molecule has 0 bridgehead atoms. The monoisotopic (exact) mass is 317 g/mol. The predicted molar refractivity (Wildman–Crippen MR) is 91.3 cm³/mol. The van der Waals surface area contributed by atoms with Crippen LogP contribution in [0.2, 0.25) is 0 Å². The van der Waals surface area contributed by atoms with Crippen molar-refractivity contribution in [2.45, 2.75) is 72.8 Å². The molecule has 0 saturated heterocycles. The second-order valence-electron chi connectivity index (χ2n) is 7.68. The summed E-state index contributed by atoms with van der Waals surface area (Å²) in [4.78, 5) is 0. The molecular weight excluding hydrogens is 282 g/mol. The van der Waals surface area contributed by atoms with Gasteiger partial charge >= 0.3 is 0 Å². The molecular formula is C17H35NO2S. The van der Waals surface area contributed by atoms with Crippen LogP contribution in [0.5, 0.6) is 0 Å². The first-order valence-electron chi connectivity index (χ1n) is 8.63. The second-order valence-corrected chi connectivity index (χ2v) is 10.2. The molecule has 0 aromatic rings. The van der Waals surface area contributed by atoms with E-state index in [1.165, 1.54) is 19.3 Å². The van der Waals surface area contributed by atoms with Crippen molar-refractivity contribution in [1.82, 2.24) is 5.32 Å². The van der Waals surface area contributed by atoms with Gasteiger partial charge in [-0.2, -0.15) is 0 Å². The molecule has 126 valence electrons. The molecule has 1 fully saturated rings. The molecule has 3 unspecified atom stereocenters. The van der Waals surface area contributed by atoms with Gasteiger partial charge in [-0.15, -0.1) is 0 Å². The lowest BCUT2D eigenvalue weighted by Gasteiger charge is -2.42. The number of hydrogen-bond donors (Lipinski definition) is 1. The lowest BCUT2D eigenvalue weighted by Crippen LogP contribution is -2.43. The molecule has 0 aromatic heterocycles. The Morgan fingerprint density at radius 1 is 1.14 bits per heavy atom. The van der Waals surface area contributed by atoms with E-state index in [-0.39, 0.29) is 5.75 Å². The molecule has 1 rings (SSSR count). The molecule has 3 nitrogen and oxygen atoms in total. The Morgan fingerprint density at radius 2 is 1.81 bits per heavy atom. The first-order chi connectivity index (χ1) is 9.69. The smallest absolute Gasteiger partial charge is 0.150 e. The highest BCUT2D eigenvalue weighted by atomic mass is 32.2. The third-order valence-corrected chi connectivity index (χ3v) is 6.93. The van der Waals surface area contributed by atoms with E-state index in [4.69, 9.17) is 0 Å². The lowest BCUT2D eigenvalue weighted by atomic mass is 9.66. The van der Waals surface area contributed by atoms with Gasteiger partial charge in [0.1, 0.15) is 9.84 Å². The normalized spacial score (nSPS) is 27.8. The zero-order valence-electron chi connectivity index (χ0n) is 14.6. The first kappa shape index (κ1) is 19.0. The van der Waals surface area contributed by atoms with Crippen LogP contribution in [-0.2, 0) is 9.84 Å². The van der Waals surface area contributed by atoms with E-state index in [1.54, 1.807) is 6.92 Å². The molecule has 21 heavy (non-hydrogen) atoms. The number of rotatable bonds is 7. The largest absolute Gasteiger partial charge is 0.314 e. The summed E-state index contributed by atoms with van der Waals surface area (Å²) < 4.78 is 23.3. The highest BCUT2D eigenvalue weighted by molar-refractivity contribution is 7.91. The van der Waals surface area contributed by atoms with Crippen molar-refractivity contribution >= 4 is 9.84 Å². The molecule has 0 heterocycles. The minimum absolute atomic E-state index is 0.277. The molecule has 0 amide bonds. The van der Waals surface area contributed by atoms with E-state index in [0.29, 0.717) is 23.1 Å². The molecule has 1 aliphatic rings. The standard InChI is InChI=1S/C17H35NO2S/c1-6-18-16-11-10-15(17(3,4)5)13-14(16)9-8-12-21(19,20)7-2/h14-16,18H,6-13H2,1-5H3.